The van der Waals surface area contributed by atoms with Gasteiger partial charge in [0.25, 0.3) is 0 Å². The number of aliphatic imine (C=N–C) groups is 1. The van der Waals surface area contributed by atoms with Crippen LogP contribution in [0.3, 0.4) is 0 Å². The average molecular weight is 526 g/mol. The van der Waals surface area contributed by atoms with E-state index >= 15 is 0 Å². The molecular formula is C26H38Cl2FeLiN3. The summed E-state index contributed by atoms with van der Waals surface area (Å²) in [5, 5.41) is 0. The Hall–Kier alpha value is -0.823. The van der Waals surface area contributed by atoms with Crippen molar-refractivity contribution in [3.05, 3.63) is 90.8 Å². The molecule has 1 heterocycles. The summed E-state index contributed by atoms with van der Waals surface area (Å²) in [7, 11) is 13.6. The normalized spacial score (nSPS) is 11.0. The molecule has 0 fully saturated rings. The van der Waals surface area contributed by atoms with Crippen LogP contribution in [0.1, 0.15) is 45.9 Å². The summed E-state index contributed by atoms with van der Waals surface area (Å²) >= 11 is 0.194. The van der Waals surface area contributed by atoms with Gasteiger partial charge >= 0.3 is 52.2 Å². The van der Waals surface area contributed by atoms with E-state index in [0.29, 0.717) is 6.04 Å². The van der Waals surface area contributed by atoms with Gasteiger partial charge in [-0.15, -0.1) is 5.56 Å². The van der Waals surface area contributed by atoms with Crippen LogP contribution in [0.2, 0.25) is 0 Å². The van der Waals surface area contributed by atoms with Crippen molar-refractivity contribution in [1.82, 2.24) is 9.88 Å². The molecule has 1 atom stereocenters. The summed E-state index contributed by atoms with van der Waals surface area (Å²) < 4.78 is 0. The van der Waals surface area contributed by atoms with Gasteiger partial charge in [-0.05, 0) is 45.5 Å². The van der Waals surface area contributed by atoms with Gasteiger partial charge in [-0.2, -0.15) is 30.3 Å². The van der Waals surface area contributed by atoms with Crippen LogP contribution in [0.4, 0.5) is 0 Å². The van der Waals surface area contributed by atoms with Gasteiger partial charge in [-0.1, -0.05) is 51.6 Å². The molecule has 7 heteroatoms. The van der Waals surface area contributed by atoms with E-state index in [1.807, 2.05) is 49.5 Å². The molecule has 1 aromatic heterocycles. The Morgan fingerprint density at radius 3 is 2.12 bits per heavy atom. The molecule has 0 aliphatic heterocycles. The Labute approximate surface area is 229 Å². The molecule has 0 amide bonds. The van der Waals surface area contributed by atoms with E-state index in [1.165, 1.54) is 5.56 Å². The summed E-state index contributed by atoms with van der Waals surface area (Å²) in [4.78, 5) is 10.8. The SMILES string of the molecule is C=CC(=C)C.CC(N=Cc1ccccn1)C(C)(C)C.CN(C)Cc1[c-]cccc1.[Cl][Fe][Cl].[Li+]. The fourth-order valence-electron chi connectivity index (χ4n) is 1.73. The summed E-state index contributed by atoms with van der Waals surface area (Å²) in [5.74, 6) is 0. The first-order valence-electron chi connectivity index (χ1n) is 10.2. The molecular weight excluding hydrogens is 488 g/mol. The number of hydrogen-bond donors (Lipinski definition) is 0. The van der Waals surface area contributed by atoms with E-state index in [0.717, 1.165) is 17.8 Å². The number of allylic oxidation sites excluding steroid dienone is 2. The third-order valence-corrected chi connectivity index (χ3v) is 3.98. The van der Waals surface area contributed by atoms with E-state index in [9.17, 15) is 0 Å². The molecule has 2 rings (SSSR count). The number of hydrogen-bond acceptors (Lipinski definition) is 3. The number of rotatable bonds is 5. The van der Waals surface area contributed by atoms with Crippen LogP contribution in [0.25, 0.3) is 0 Å². The molecule has 0 radical (unpaired) electrons. The maximum absolute atomic E-state index is 4.76. The summed E-state index contributed by atoms with van der Waals surface area (Å²) in [6.45, 7) is 18.6. The standard InChI is InChI=1S/C12H18N2.C9H12N.C5H8.2ClH.Fe.Li/c1-10(12(2,3)4)14-9-11-7-5-6-8-13-11;1-10(2)8-9-6-4-3-5-7-9;1-4-5(2)3;;;;/h5-10H,1-4H3;3-6H,8H2,1-2H3;4H,1-2H2,3H3;2*1H;;/q;-1;;;;+2;+1/p-2. The second-order valence-corrected chi connectivity index (χ2v) is 10.1. The van der Waals surface area contributed by atoms with Gasteiger partial charge in [-0.25, -0.2) is 0 Å². The number of aromatic nitrogens is 1. The molecule has 0 aliphatic rings. The minimum atomic E-state index is 0. The van der Waals surface area contributed by atoms with E-state index in [1.54, 1.807) is 12.3 Å². The maximum Gasteiger partial charge on any atom is 1.00 e. The Morgan fingerprint density at radius 2 is 1.76 bits per heavy atom. The van der Waals surface area contributed by atoms with Crippen molar-refractivity contribution in [2.24, 2.45) is 10.4 Å². The molecule has 1 aromatic carbocycles. The van der Waals surface area contributed by atoms with Gasteiger partial charge in [0.2, 0.25) is 0 Å². The molecule has 3 nitrogen and oxygen atoms in total. The van der Waals surface area contributed by atoms with Gasteiger partial charge in [0.1, 0.15) is 0 Å². The zero-order valence-electron chi connectivity index (χ0n) is 21.4. The summed E-state index contributed by atoms with van der Waals surface area (Å²) in [5.41, 5.74) is 3.40. The zero-order chi connectivity index (χ0) is 25.0. The zero-order valence-corrected chi connectivity index (χ0v) is 24.0. The minimum absolute atomic E-state index is 0. The Kier molecular flexibility index (Phi) is 25.5. The first-order valence-corrected chi connectivity index (χ1v) is 13.2. The van der Waals surface area contributed by atoms with Gasteiger partial charge in [-0.3, -0.25) is 9.98 Å². The van der Waals surface area contributed by atoms with Crippen molar-refractivity contribution in [2.75, 3.05) is 14.1 Å². The van der Waals surface area contributed by atoms with E-state index in [-0.39, 0.29) is 37.4 Å². The van der Waals surface area contributed by atoms with Crippen molar-refractivity contribution < 1.29 is 32.0 Å². The average Bonchev–Trinajstić information content (AvgIpc) is 2.74. The number of nitrogens with zero attached hydrogens (tertiary/aromatic N) is 3. The molecule has 0 aliphatic carbocycles. The van der Waals surface area contributed by atoms with Crippen LogP contribution in [-0.2, 0) is 19.7 Å². The molecule has 1 unspecified atom stereocenters. The first-order chi connectivity index (χ1) is 15.0. The van der Waals surface area contributed by atoms with E-state index in [2.05, 4.69) is 82.0 Å². The first kappa shape index (κ1) is 36.7. The van der Waals surface area contributed by atoms with Crippen molar-refractivity contribution in [1.29, 1.82) is 0 Å². The maximum atomic E-state index is 4.76. The monoisotopic (exact) mass is 525 g/mol. The smallest absolute Gasteiger partial charge is 1.00 e. The fraction of sp³-hybridized carbons (Fsp3) is 0.385. The molecule has 0 saturated heterocycles. The number of benzene rings is 1. The third-order valence-electron chi connectivity index (χ3n) is 3.98. The van der Waals surface area contributed by atoms with Gasteiger partial charge in [0.05, 0.1) is 11.7 Å². The van der Waals surface area contributed by atoms with Crippen molar-refractivity contribution in [3.63, 3.8) is 0 Å². The van der Waals surface area contributed by atoms with Gasteiger partial charge in [0.15, 0.2) is 0 Å². The van der Waals surface area contributed by atoms with Gasteiger partial charge < -0.3 is 4.90 Å². The third kappa shape index (κ3) is 25.6. The molecule has 0 bridgehead atoms. The van der Waals surface area contributed by atoms with Crippen LogP contribution in [0.5, 0.6) is 0 Å². The molecule has 0 spiro atoms. The largest absolute Gasteiger partial charge is 1.00 e. The van der Waals surface area contributed by atoms with Crippen LogP contribution < -0.4 is 18.9 Å². The van der Waals surface area contributed by atoms with Crippen LogP contribution in [0, 0.1) is 11.5 Å². The topological polar surface area (TPSA) is 28.5 Å². The summed E-state index contributed by atoms with van der Waals surface area (Å²) in [6.07, 6.45) is 5.35. The molecule has 0 saturated carbocycles. The Bertz CT molecular complexity index is 749. The quantitative estimate of drug-likeness (QED) is 0.247. The van der Waals surface area contributed by atoms with Crippen molar-refractivity contribution in [2.45, 2.75) is 47.2 Å². The Balaban J connectivity index is -0.000000414. The minimum Gasteiger partial charge on any atom is 1.00 e. The second kappa shape index (κ2) is 22.9. The van der Waals surface area contributed by atoms with Crippen molar-refractivity contribution >= 4 is 26.4 Å². The number of pyridine rings is 1. The molecule has 33 heavy (non-hydrogen) atoms. The predicted molar refractivity (Wildman–Crippen MR) is 140 cm³/mol. The molecule has 0 N–H and O–H groups in total. The van der Waals surface area contributed by atoms with Crippen LogP contribution >= 0.6 is 20.2 Å². The predicted octanol–water partition coefficient (Wildman–Crippen LogP) is 4.61. The molecule has 180 valence electrons. The van der Waals surface area contributed by atoms with Crippen molar-refractivity contribution in [3.8, 4) is 0 Å². The molecule has 2 aromatic rings. The van der Waals surface area contributed by atoms with Gasteiger partial charge in [0, 0.05) is 19.0 Å². The van der Waals surface area contributed by atoms with E-state index in [4.69, 9.17) is 20.2 Å². The second-order valence-electron chi connectivity index (χ2n) is 8.30. The number of halogens is 2. The summed E-state index contributed by atoms with van der Waals surface area (Å²) in [6, 6.07) is 17.3. The van der Waals surface area contributed by atoms with E-state index < -0.39 is 0 Å². The Morgan fingerprint density at radius 1 is 1.21 bits per heavy atom. The van der Waals surface area contributed by atoms with Crippen LogP contribution in [0.15, 0.2) is 78.5 Å². The van der Waals surface area contributed by atoms with Crippen LogP contribution in [-0.4, -0.2) is 36.2 Å². The fourth-order valence-corrected chi connectivity index (χ4v) is 1.73.